The first-order valence-electron chi connectivity index (χ1n) is 9.06. The SMILES string of the molecule is N#Cc1cc(COc2cc3n(c(=O)n2)CCN3)ccc1Oc1ccc(C(F)(F)F)nc1. The molecule has 0 saturated carbocycles. The summed E-state index contributed by atoms with van der Waals surface area (Å²) >= 11 is 0. The Bertz CT molecular complexity index is 1220. The number of nitrogens with zero attached hydrogens (tertiary/aromatic N) is 4. The van der Waals surface area contributed by atoms with Crippen LogP contribution in [0.25, 0.3) is 0 Å². The Kier molecular flexibility index (Phi) is 5.21. The third kappa shape index (κ3) is 4.42. The molecule has 0 aliphatic carbocycles. The maximum atomic E-state index is 12.6. The van der Waals surface area contributed by atoms with E-state index in [1.165, 1.54) is 16.7 Å². The van der Waals surface area contributed by atoms with Gasteiger partial charge in [-0.15, -0.1) is 0 Å². The Morgan fingerprint density at radius 1 is 1.23 bits per heavy atom. The van der Waals surface area contributed by atoms with Crippen LogP contribution in [0.5, 0.6) is 17.4 Å². The van der Waals surface area contributed by atoms with Crippen LogP contribution < -0.4 is 20.5 Å². The van der Waals surface area contributed by atoms with E-state index in [9.17, 15) is 23.2 Å². The molecule has 0 radical (unpaired) electrons. The standard InChI is InChI=1S/C20H14F3N5O3/c21-20(22,23)16-4-2-14(10-26-16)31-15-3-1-12(7-13(15)9-24)11-30-18-8-17-25-5-6-28(17)19(29)27-18/h1-4,7-8,10,25H,5-6,11H2. The third-order valence-electron chi connectivity index (χ3n) is 4.43. The molecule has 1 aromatic carbocycles. The molecule has 1 N–H and O–H groups in total. The molecule has 0 saturated heterocycles. The molecule has 0 atom stereocenters. The number of nitrogens with one attached hydrogen (secondary N) is 1. The smallest absolute Gasteiger partial charge is 0.433 e. The van der Waals surface area contributed by atoms with Gasteiger partial charge in [0.2, 0.25) is 5.88 Å². The molecule has 8 nitrogen and oxygen atoms in total. The van der Waals surface area contributed by atoms with Gasteiger partial charge < -0.3 is 14.8 Å². The van der Waals surface area contributed by atoms with Crippen LogP contribution >= 0.6 is 0 Å². The highest BCUT2D eigenvalue weighted by Gasteiger charge is 2.32. The van der Waals surface area contributed by atoms with Crippen LogP contribution in [0.3, 0.4) is 0 Å². The summed E-state index contributed by atoms with van der Waals surface area (Å²) in [6.07, 6.45) is -3.61. The van der Waals surface area contributed by atoms with Crippen molar-refractivity contribution in [3.8, 4) is 23.4 Å². The average Bonchev–Trinajstić information content (AvgIpc) is 3.22. The van der Waals surface area contributed by atoms with Crippen LogP contribution in [-0.4, -0.2) is 21.1 Å². The Balaban J connectivity index is 1.46. The Morgan fingerprint density at radius 2 is 2.06 bits per heavy atom. The van der Waals surface area contributed by atoms with Crippen LogP contribution in [0, 0.1) is 11.3 Å². The number of anilines is 1. The minimum Gasteiger partial charge on any atom is -0.473 e. The van der Waals surface area contributed by atoms with Crippen LogP contribution in [0.1, 0.15) is 16.8 Å². The van der Waals surface area contributed by atoms with Crippen molar-refractivity contribution in [3.63, 3.8) is 0 Å². The highest BCUT2D eigenvalue weighted by atomic mass is 19.4. The molecule has 0 unspecified atom stereocenters. The topological polar surface area (TPSA) is 102 Å². The summed E-state index contributed by atoms with van der Waals surface area (Å²) in [6.45, 7) is 1.23. The lowest BCUT2D eigenvalue weighted by atomic mass is 10.1. The van der Waals surface area contributed by atoms with Crippen molar-refractivity contribution < 1.29 is 22.6 Å². The largest absolute Gasteiger partial charge is 0.473 e. The Hall–Kier alpha value is -4.07. The maximum Gasteiger partial charge on any atom is 0.433 e. The lowest BCUT2D eigenvalue weighted by Gasteiger charge is -2.11. The number of hydrogen-bond donors (Lipinski definition) is 1. The van der Waals surface area contributed by atoms with Gasteiger partial charge in [-0.3, -0.25) is 4.57 Å². The van der Waals surface area contributed by atoms with Gasteiger partial charge in [0, 0.05) is 19.2 Å². The number of ether oxygens (including phenoxy) is 2. The van der Waals surface area contributed by atoms with E-state index in [2.05, 4.69) is 15.3 Å². The Labute approximate surface area is 173 Å². The molecule has 31 heavy (non-hydrogen) atoms. The Morgan fingerprint density at radius 3 is 2.77 bits per heavy atom. The van der Waals surface area contributed by atoms with Crippen molar-refractivity contribution in [2.75, 3.05) is 11.9 Å². The van der Waals surface area contributed by atoms with Gasteiger partial charge >= 0.3 is 11.9 Å². The summed E-state index contributed by atoms with van der Waals surface area (Å²) < 4.78 is 50.4. The summed E-state index contributed by atoms with van der Waals surface area (Å²) in [6, 6.07) is 10.2. The molecule has 11 heteroatoms. The molecule has 0 spiro atoms. The molecule has 0 fully saturated rings. The van der Waals surface area contributed by atoms with Crippen molar-refractivity contribution in [1.29, 1.82) is 5.26 Å². The second kappa shape index (κ2) is 7.98. The summed E-state index contributed by atoms with van der Waals surface area (Å²) in [4.78, 5) is 19.1. The molecule has 158 valence electrons. The van der Waals surface area contributed by atoms with E-state index in [0.29, 0.717) is 24.5 Å². The molecule has 0 bridgehead atoms. The number of fused-ring (bicyclic) bond motifs is 1. The summed E-state index contributed by atoms with van der Waals surface area (Å²) in [5.74, 6) is 0.997. The van der Waals surface area contributed by atoms with Crippen molar-refractivity contribution >= 4 is 5.82 Å². The van der Waals surface area contributed by atoms with E-state index in [1.807, 2.05) is 6.07 Å². The summed E-state index contributed by atoms with van der Waals surface area (Å²) in [7, 11) is 0. The fourth-order valence-corrected chi connectivity index (χ4v) is 2.95. The van der Waals surface area contributed by atoms with E-state index in [1.54, 1.807) is 12.1 Å². The number of hydrogen-bond acceptors (Lipinski definition) is 7. The van der Waals surface area contributed by atoms with Gasteiger partial charge in [-0.25, -0.2) is 9.78 Å². The van der Waals surface area contributed by atoms with Crippen LogP contribution in [-0.2, 0) is 19.3 Å². The van der Waals surface area contributed by atoms with Gasteiger partial charge in [-0.2, -0.15) is 23.4 Å². The lowest BCUT2D eigenvalue weighted by Crippen LogP contribution is -2.21. The first-order valence-corrected chi connectivity index (χ1v) is 9.06. The van der Waals surface area contributed by atoms with Gasteiger partial charge in [0.05, 0.1) is 11.8 Å². The number of nitriles is 1. The van der Waals surface area contributed by atoms with E-state index in [-0.39, 0.29) is 29.5 Å². The van der Waals surface area contributed by atoms with E-state index >= 15 is 0 Å². The second-order valence-electron chi connectivity index (χ2n) is 6.55. The van der Waals surface area contributed by atoms with Gasteiger partial charge in [0.15, 0.2) is 0 Å². The van der Waals surface area contributed by atoms with Crippen molar-refractivity contribution in [1.82, 2.24) is 14.5 Å². The quantitative estimate of drug-likeness (QED) is 0.664. The van der Waals surface area contributed by atoms with Gasteiger partial charge in [-0.05, 0) is 29.8 Å². The zero-order valence-corrected chi connectivity index (χ0v) is 15.8. The summed E-state index contributed by atoms with van der Waals surface area (Å²) in [5, 5.41) is 12.5. The fraction of sp³-hybridized carbons (Fsp3) is 0.200. The number of benzene rings is 1. The predicted octanol–water partition coefficient (Wildman–Crippen LogP) is 3.33. The molecular formula is C20H14F3N5O3. The second-order valence-corrected chi connectivity index (χ2v) is 6.55. The lowest BCUT2D eigenvalue weighted by molar-refractivity contribution is -0.141. The van der Waals surface area contributed by atoms with Crippen LogP contribution in [0.15, 0.2) is 47.4 Å². The maximum absolute atomic E-state index is 12.6. The number of pyridine rings is 1. The van der Waals surface area contributed by atoms with E-state index < -0.39 is 17.6 Å². The van der Waals surface area contributed by atoms with Crippen LogP contribution in [0.2, 0.25) is 0 Å². The number of aromatic nitrogens is 3. The first-order chi connectivity index (χ1) is 14.8. The van der Waals surface area contributed by atoms with E-state index in [0.717, 1.165) is 18.3 Å². The van der Waals surface area contributed by atoms with Gasteiger partial charge in [-0.1, -0.05) is 6.07 Å². The molecule has 0 amide bonds. The predicted molar refractivity (Wildman–Crippen MR) is 102 cm³/mol. The zero-order chi connectivity index (χ0) is 22.0. The molecule has 4 rings (SSSR count). The van der Waals surface area contributed by atoms with Crippen molar-refractivity contribution in [2.45, 2.75) is 19.3 Å². The minimum atomic E-state index is -4.55. The van der Waals surface area contributed by atoms with E-state index in [4.69, 9.17) is 9.47 Å². The van der Waals surface area contributed by atoms with Gasteiger partial charge in [0.25, 0.3) is 0 Å². The molecular weight excluding hydrogens is 415 g/mol. The molecule has 1 aliphatic rings. The van der Waals surface area contributed by atoms with Gasteiger partial charge in [0.1, 0.15) is 35.7 Å². The van der Waals surface area contributed by atoms with Crippen LogP contribution in [0.4, 0.5) is 19.0 Å². The van der Waals surface area contributed by atoms with Crippen molar-refractivity contribution in [3.05, 3.63) is 69.9 Å². The monoisotopic (exact) mass is 429 g/mol. The average molecular weight is 429 g/mol. The molecule has 3 aromatic rings. The highest BCUT2D eigenvalue weighted by Crippen LogP contribution is 2.30. The normalized spacial score (nSPS) is 12.6. The summed E-state index contributed by atoms with van der Waals surface area (Å²) in [5.41, 5.74) is -0.679. The zero-order valence-electron chi connectivity index (χ0n) is 15.8. The highest BCUT2D eigenvalue weighted by molar-refractivity contribution is 5.47. The number of rotatable bonds is 5. The molecule has 2 aromatic heterocycles. The molecule has 3 heterocycles. The fourth-order valence-electron chi connectivity index (χ4n) is 2.95. The minimum absolute atomic E-state index is 0.0483. The first kappa shape index (κ1) is 20.2. The van der Waals surface area contributed by atoms with Crippen molar-refractivity contribution in [2.24, 2.45) is 0 Å². The number of halogens is 3. The molecule has 1 aliphatic heterocycles. The third-order valence-corrected chi connectivity index (χ3v) is 4.43. The number of alkyl halides is 3.